The molecule has 0 aliphatic heterocycles. The minimum Gasteiger partial charge on any atom is -0.495 e. The van der Waals surface area contributed by atoms with Gasteiger partial charge in [-0.15, -0.1) is 10.2 Å². The fourth-order valence-corrected chi connectivity index (χ4v) is 4.34. The molecule has 0 atom stereocenters. The van der Waals surface area contributed by atoms with Crippen molar-refractivity contribution in [3.8, 4) is 17.2 Å². The first-order valence-corrected chi connectivity index (χ1v) is 11.5. The smallest absolute Gasteiger partial charge is 0.265 e. The van der Waals surface area contributed by atoms with Crippen molar-refractivity contribution >= 4 is 38.7 Å². The van der Waals surface area contributed by atoms with Gasteiger partial charge in [-0.05, 0) is 54.6 Å². The molecule has 1 heterocycles. The first kappa shape index (κ1) is 22.4. The molecule has 0 saturated carbocycles. The Hall–Kier alpha value is -3.82. The molecule has 168 valence electrons. The summed E-state index contributed by atoms with van der Waals surface area (Å²) in [5, 5.41) is 11.5. The number of benzene rings is 3. The molecule has 4 aromatic rings. The fraction of sp³-hybridized carbons (Fsp3) is 0.0435. The highest BCUT2D eigenvalue weighted by Gasteiger charge is 2.21. The van der Waals surface area contributed by atoms with Crippen molar-refractivity contribution in [3.63, 3.8) is 0 Å². The maximum absolute atomic E-state index is 13.0. The number of nitrogens with one attached hydrogen (secondary N) is 2. The highest BCUT2D eigenvalue weighted by atomic mass is 35.5. The lowest BCUT2D eigenvalue weighted by Gasteiger charge is -2.14. The van der Waals surface area contributed by atoms with E-state index in [1.165, 1.54) is 19.2 Å². The first-order chi connectivity index (χ1) is 15.9. The Labute approximate surface area is 195 Å². The Morgan fingerprint density at radius 3 is 2.39 bits per heavy atom. The molecule has 3 aromatic carbocycles. The van der Waals surface area contributed by atoms with E-state index < -0.39 is 10.0 Å². The average Bonchev–Trinajstić information content (AvgIpc) is 3.32. The second kappa shape index (κ2) is 9.35. The standard InChI is InChI=1S/C23H19ClN4O4S/c1-15(22-26-27-23(32-22)16-6-4-3-5-7-16)25-19-12-13-20(31-2)21(14-19)33(29,30)28-18-10-8-17(24)9-11-18/h3-14,25,28H,1H2,2H3. The molecule has 4 rings (SSSR count). The van der Waals surface area contributed by atoms with Gasteiger partial charge in [0.2, 0.25) is 5.89 Å². The van der Waals surface area contributed by atoms with Crippen molar-refractivity contribution in [2.45, 2.75) is 4.90 Å². The lowest BCUT2D eigenvalue weighted by molar-refractivity contribution is 0.403. The molecule has 10 heteroatoms. The van der Waals surface area contributed by atoms with E-state index in [-0.39, 0.29) is 16.5 Å². The van der Waals surface area contributed by atoms with Crippen LogP contribution in [0.4, 0.5) is 11.4 Å². The van der Waals surface area contributed by atoms with Crippen LogP contribution in [0.2, 0.25) is 5.02 Å². The summed E-state index contributed by atoms with van der Waals surface area (Å²) < 4.78 is 39.5. The lowest BCUT2D eigenvalue weighted by atomic mass is 10.2. The Bertz CT molecular complexity index is 1390. The minimum atomic E-state index is -3.96. The Morgan fingerprint density at radius 1 is 1.00 bits per heavy atom. The van der Waals surface area contributed by atoms with E-state index in [9.17, 15) is 8.42 Å². The fourth-order valence-electron chi connectivity index (χ4n) is 2.96. The van der Waals surface area contributed by atoms with Gasteiger partial charge < -0.3 is 14.5 Å². The molecule has 0 amide bonds. The summed E-state index contributed by atoms with van der Waals surface area (Å²) in [6, 6.07) is 20.2. The third-order valence-electron chi connectivity index (χ3n) is 4.55. The Kier molecular flexibility index (Phi) is 6.34. The zero-order valence-corrected chi connectivity index (χ0v) is 19.0. The van der Waals surface area contributed by atoms with Crippen molar-refractivity contribution in [2.24, 2.45) is 0 Å². The van der Waals surface area contributed by atoms with Crippen LogP contribution in [0.3, 0.4) is 0 Å². The number of hydrogen-bond donors (Lipinski definition) is 2. The summed E-state index contributed by atoms with van der Waals surface area (Å²) >= 11 is 5.87. The van der Waals surface area contributed by atoms with Gasteiger partial charge >= 0.3 is 0 Å². The summed E-state index contributed by atoms with van der Waals surface area (Å²) in [5.41, 5.74) is 1.89. The monoisotopic (exact) mass is 482 g/mol. The van der Waals surface area contributed by atoms with Crippen LogP contribution in [0.5, 0.6) is 5.75 Å². The topological polar surface area (TPSA) is 106 Å². The molecule has 1 aromatic heterocycles. The van der Waals surface area contributed by atoms with Gasteiger partial charge in [0.15, 0.2) is 0 Å². The molecule has 0 unspecified atom stereocenters. The van der Waals surface area contributed by atoms with E-state index in [4.69, 9.17) is 20.8 Å². The molecule has 0 spiro atoms. The molecule has 33 heavy (non-hydrogen) atoms. The van der Waals surface area contributed by atoms with E-state index in [2.05, 4.69) is 26.8 Å². The maximum Gasteiger partial charge on any atom is 0.265 e. The van der Waals surface area contributed by atoms with Crippen LogP contribution in [0.15, 0.2) is 88.7 Å². The number of anilines is 2. The molecule has 0 fully saturated rings. The van der Waals surface area contributed by atoms with Crippen molar-refractivity contribution in [1.82, 2.24) is 10.2 Å². The Morgan fingerprint density at radius 2 is 1.70 bits per heavy atom. The molecule has 0 radical (unpaired) electrons. The van der Waals surface area contributed by atoms with Crippen molar-refractivity contribution in [3.05, 3.63) is 90.3 Å². The second-order valence-electron chi connectivity index (χ2n) is 6.86. The normalized spacial score (nSPS) is 11.1. The number of rotatable bonds is 8. The number of sulfonamides is 1. The molecule has 2 N–H and O–H groups in total. The van der Waals surface area contributed by atoms with Gasteiger partial charge in [-0.2, -0.15) is 0 Å². The highest BCUT2D eigenvalue weighted by Crippen LogP contribution is 2.30. The van der Waals surface area contributed by atoms with Crippen LogP contribution >= 0.6 is 11.6 Å². The summed E-state index contributed by atoms with van der Waals surface area (Å²) in [6.07, 6.45) is 0. The van der Waals surface area contributed by atoms with Gasteiger partial charge in [-0.25, -0.2) is 8.42 Å². The van der Waals surface area contributed by atoms with E-state index in [0.29, 0.717) is 28.0 Å². The number of aromatic nitrogens is 2. The molecule has 0 bridgehead atoms. The van der Waals surface area contributed by atoms with Gasteiger partial charge in [0, 0.05) is 22.0 Å². The zero-order chi connectivity index (χ0) is 23.4. The molecule has 0 aliphatic carbocycles. The van der Waals surface area contributed by atoms with Crippen LogP contribution in [0.25, 0.3) is 17.2 Å². The summed E-state index contributed by atoms with van der Waals surface area (Å²) in [6.45, 7) is 3.92. The van der Waals surface area contributed by atoms with E-state index in [1.54, 1.807) is 30.3 Å². The summed E-state index contributed by atoms with van der Waals surface area (Å²) in [4.78, 5) is -0.0618. The van der Waals surface area contributed by atoms with E-state index in [1.807, 2.05) is 30.3 Å². The van der Waals surface area contributed by atoms with Crippen LogP contribution < -0.4 is 14.8 Å². The minimum absolute atomic E-state index is 0.0618. The van der Waals surface area contributed by atoms with Gasteiger partial charge in [-0.3, -0.25) is 4.72 Å². The third-order valence-corrected chi connectivity index (χ3v) is 6.20. The average molecular weight is 483 g/mol. The SMILES string of the molecule is C=C(Nc1ccc(OC)c(S(=O)(=O)Nc2ccc(Cl)cc2)c1)c1nnc(-c2ccccc2)o1. The highest BCUT2D eigenvalue weighted by molar-refractivity contribution is 7.92. The predicted molar refractivity (Wildman–Crippen MR) is 128 cm³/mol. The third kappa shape index (κ3) is 5.16. The zero-order valence-electron chi connectivity index (χ0n) is 17.4. The van der Waals surface area contributed by atoms with Gasteiger partial charge in [0.1, 0.15) is 10.6 Å². The Balaban J connectivity index is 1.57. The van der Waals surface area contributed by atoms with E-state index in [0.717, 1.165) is 5.56 Å². The van der Waals surface area contributed by atoms with Crippen molar-refractivity contribution in [2.75, 3.05) is 17.1 Å². The second-order valence-corrected chi connectivity index (χ2v) is 8.95. The number of ether oxygens (including phenoxy) is 1. The lowest BCUT2D eigenvalue weighted by Crippen LogP contribution is -2.14. The van der Waals surface area contributed by atoms with Crippen molar-refractivity contribution < 1.29 is 17.6 Å². The molecule has 0 aliphatic rings. The number of hydrogen-bond acceptors (Lipinski definition) is 7. The largest absolute Gasteiger partial charge is 0.495 e. The molecular weight excluding hydrogens is 464 g/mol. The van der Waals surface area contributed by atoms with E-state index >= 15 is 0 Å². The quantitative estimate of drug-likeness (QED) is 0.351. The van der Waals surface area contributed by atoms with Crippen LogP contribution in [0, 0.1) is 0 Å². The molecule has 0 saturated heterocycles. The van der Waals surface area contributed by atoms with Gasteiger partial charge in [-0.1, -0.05) is 36.4 Å². The molecule has 8 nitrogen and oxygen atoms in total. The molecular formula is C23H19ClN4O4S. The maximum atomic E-state index is 13.0. The van der Waals surface area contributed by atoms with Gasteiger partial charge in [0.25, 0.3) is 15.9 Å². The van der Waals surface area contributed by atoms with Crippen LogP contribution in [-0.2, 0) is 10.0 Å². The van der Waals surface area contributed by atoms with Crippen molar-refractivity contribution in [1.29, 1.82) is 0 Å². The predicted octanol–water partition coefficient (Wildman–Crippen LogP) is 5.28. The summed E-state index contributed by atoms with van der Waals surface area (Å²) in [5.74, 6) is 0.698. The number of halogens is 1. The first-order valence-electron chi connectivity index (χ1n) is 9.67. The van der Waals surface area contributed by atoms with Crippen LogP contribution in [0.1, 0.15) is 5.89 Å². The number of nitrogens with zero attached hydrogens (tertiary/aromatic N) is 2. The summed E-state index contributed by atoms with van der Waals surface area (Å²) in [7, 11) is -2.57. The number of methoxy groups -OCH3 is 1. The van der Waals surface area contributed by atoms with Crippen LogP contribution in [-0.4, -0.2) is 25.7 Å². The van der Waals surface area contributed by atoms with Gasteiger partial charge in [0.05, 0.1) is 12.8 Å².